The van der Waals surface area contributed by atoms with Crippen molar-refractivity contribution < 1.29 is 14.3 Å². The van der Waals surface area contributed by atoms with Gasteiger partial charge < -0.3 is 14.4 Å². The number of carbonyl (C=O) groups is 1. The van der Waals surface area contributed by atoms with E-state index in [4.69, 9.17) is 9.47 Å². The largest absolute Gasteiger partial charge is 0.497 e. The maximum absolute atomic E-state index is 12.6. The molecule has 1 amide bonds. The Morgan fingerprint density at radius 1 is 0.931 bits per heavy atom. The van der Waals surface area contributed by atoms with Gasteiger partial charge in [0.05, 0.1) is 7.11 Å². The van der Waals surface area contributed by atoms with E-state index >= 15 is 0 Å². The van der Waals surface area contributed by atoms with Crippen LogP contribution < -0.4 is 9.47 Å². The summed E-state index contributed by atoms with van der Waals surface area (Å²) in [5.41, 5.74) is 1.31. The fourth-order valence-electron chi connectivity index (χ4n) is 3.46. The Bertz CT molecular complexity index is 955. The number of amides is 1. The van der Waals surface area contributed by atoms with Crippen molar-refractivity contribution in [2.75, 3.05) is 20.2 Å². The predicted octanol–water partition coefficient (Wildman–Crippen LogP) is 3.69. The summed E-state index contributed by atoms with van der Waals surface area (Å²) in [6.45, 7) is 1.30. The van der Waals surface area contributed by atoms with Gasteiger partial charge in [0.1, 0.15) is 22.9 Å². The van der Waals surface area contributed by atoms with E-state index in [-0.39, 0.29) is 11.8 Å². The molecule has 2 aromatic heterocycles. The second-order valence-corrected chi connectivity index (χ2v) is 6.81. The molecule has 0 spiro atoms. The number of methoxy groups -OCH3 is 1. The highest BCUT2D eigenvalue weighted by atomic mass is 16.5. The Morgan fingerprint density at radius 2 is 1.66 bits per heavy atom. The summed E-state index contributed by atoms with van der Waals surface area (Å²) < 4.78 is 11.2. The van der Waals surface area contributed by atoms with Gasteiger partial charge in [0.2, 0.25) is 5.88 Å². The summed E-state index contributed by atoms with van der Waals surface area (Å²) in [5.74, 6) is 2.10. The number of nitrogens with zero attached hydrogens (tertiary/aromatic N) is 4. The van der Waals surface area contributed by atoms with Crippen LogP contribution in [0.1, 0.15) is 34.9 Å². The molecule has 7 nitrogen and oxygen atoms in total. The van der Waals surface area contributed by atoms with Crippen molar-refractivity contribution >= 4 is 5.91 Å². The number of hydrogen-bond donors (Lipinski definition) is 0. The average Bonchev–Trinajstić information content (AvgIpc) is 2.80. The summed E-state index contributed by atoms with van der Waals surface area (Å²) in [6.07, 6.45) is 6.55. The van der Waals surface area contributed by atoms with Crippen molar-refractivity contribution in [3.05, 3.63) is 72.4 Å². The van der Waals surface area contributed by atoms with Crippen molar-refractivity contribution in [3.63, 3.8) is 0 Å². The third-order valence-corrected chi connectivity index (χ3v) is 5.02. The summed E-state index contributed by atoms with van der Waals surface area (Å²) >= 11 is 0. The molecule has 3 heterocycles. The minimum absolute atomic E-state index is 0.0297. The Balaban J connectivity index is 1.44. The molecule has 0 saturated carbocycles. The van der Waals surface area contributed by atoms with Crippen LogP contribution in [0.25, 0.3) is 0 Å². The third-order valence-electron chi connectivity index (χ3n) is 5.02. The first-order valence-corrected chi connectivity index (χ1v) is 9.57. The summed E-state index contributed by atoms with van der Waals surface area (Å²) in [4.78, 5) is 27.5. The number of carbonyl (C=O) groups excluding carboxylic acids is 1. The summed E-state index contributed by atoms with van der Waals surface area (Å²) in [5, 5.41) is 0. The van der Waals surface area contributed by atoms with Crippen LogP contribution >= 0.6 is 0 Å². The van der Waals surface area contributed by atoms with E-state index in [9.17, 15) is 4.79 Å². The predicted molar refractivity (Wildman–Crippen MR) is 107 cm³/mol. The van der Waals surface area contributed by atoms with Crippen LogP contribution in [0.5, 0.6) is 17.4 Å². The number of likely N-dealkylation sites (tertiary alicyclic amines) is 1. The van der Waals surface area contributed by atoms with Gasteiger partial charge in [-0.05, 0) is 49.2 Å². The number of piperidine rings is 1. The highest BCUT2D eigenvalue weighted by Crippen LogP contribution is 2.34. The molecule has 0 unspecified atom stereocenters. The summed E-state index contributed by atoms with van der Waals surface area (Å²) in [7, 11) is 1.63. The number of ether oxygens (including phenoxy) is 2. The van der Waals surface area contributed by atoms with Gasteiger partial charge in [-0.15, -0.1) is 0 Å². The first-order chi connectivity index (χ1) is 14.2. The molecule has 4 rings (SSSR count). The molecule has 1 aliphatic heterocycles. The van der Waals surface area contributed by atoms with E-state index in [1.54, 1.807) is 37.8 Å². The number of benzene rings is 1. The molecule has 3 aromatic rings. The van der Waals surface area contributed by atoms with Gasteiger partial charge in [-0.1, -0.05) is 6.07 Å². The van der Waals surface area contributed by atoms with E-state index in [0.717, 1.165) is 24.3 Å². The molecule has 0 N–H and O–H groups in total. The van der Waals surface area contributed by atoms with Gasteiger partial charge >= 0.3 is 0 Å². The lowest BCUT2D eigenvalue weighted by Gasteiger charge is -2.31. The van der Waals surface area contributed by atoms with E-state index in [1.807, 2.05) is 35.2 Å². The SMILES string of the molecule is COc1ccc(Oc2nccnc2C2CCN(C(=O)c3ccccn3)CC2)cc1. The Labute approximate surface area is 169 Å². The second kappa shape index (κ2) is 8.68. The van der Waals surface area contributed by atoms with Crippen LogP contribution in [0.3, 0.4) is 0 Å². The molecule has 1 aliphatic rings. The normalized spacial score (nSPS) is 14.4. The molecular formula is C22H22N4O3. The molecule has 0 aliphatic carbocycles. The van der Waals surface area contributed by atoms with Crippen LogP contribution in [0.2, 0.25) is 0 Å². The molecule has 1 fully saturated rings. The van der Waals surface area contributed by atoms with Gasteiger partial charge in [-0.25, -0.2) is 4.98 Å². The van der Waals surface area contributed by atoms with Gasteiger partial charge in [0.25, 0.3) is 5.91 Å². The van der Waals surface area contributed by atoms with Crippen molar-refractivity contribution in [1.29, 1.82) is 0 Å². The van der Waals surface area contributed by atoms with Crippen molar-refractivity contribution in [1.82, 2.24) is 19.9 Å². The average molecular weight is 390 g/mol. The van der Waals surface area contributed by atoms with Gasteiger partial charge in [0.15, 0.2) is 0 Å². The highest BCUT2D eigenvalue weighted by Gasteiger charge is 2.28. The Hall–Kier alpha value is -3.48. The quantitative estimate of drug-likeness (QED) is 0.661. The van der Waals surface area contributed by atoms with Crippen molar-refractivity contribution in [3.8, 4) is 17.4 Å². The molecule has 7 heteroatoms. The van der Waals surface area contributed by atoms with Crippen LogP contribution in [0.15, 0.2) is 61.1 Å². The lowest BCUT2D eigenvalue weighted by atomic mass is 9.93. The lowest BCUT2D eigenvalue weighted by Crippen LogP contribution is -2.38. The zero-order valence-corrected chi connectivity index (χ0v) is 16.2. The van der Waals surface area contributed by atoms with Crippen molar-refractivity contribution in [2.45, 2.75) is 18.8 Å². The van der Waals surface area contributed by atoms with E-state index < -0.39 is 0 Å². The van der Waals surface area contributed by atoms with Gasteiger partial charge in [-0.3, -0.25) is 14.8 Å². The molecular weight excluding hydrogens is 368 g/mol. The van der Waals surface area contributed by atoms with Crippen LogP contribution in [0.4, 0.5) is 0 Å². The number of rotatable bonds is 5. The summed E-state index contributed by atoms with van der Waals surface area (Å²) in [6, 6.07) is 12.7. The highest BCUT2D eigenvalue weighted by molar-refractivity contribution is 5.92. The minimum atomic E-state index is -0.0297. The van der Waals surface area contributed by atoms with Gasteiger partial charge in [-0.2, -0.15) is 0 Å². The van der Waals surface area contributed by atoms with Crippen LogP contribution in [-0.2, 0) is 0 Å². The first-order valence-electron chi connectivity index (χ1n) is 9.57. The van der Waals surface area contributed by atoms with Crippen LogP contribution in [0, 0.1) is 0 Å². The number of pyridine rings is 1. The van der Waals surface area contributed by atoms with E-state index in [0.29, 0.717) is 30.4 Å². The van der Waals surface area contributed by atoms with E-state index in [1.165, 1.54) is 0 Å². The molecule has 29 heavy (non-hydrogen) atoms. The topological polar surface area (TPSA) is 77.4 Å². The van der Waals surface area contributed by atoms with Gasteiger partial charge in [0, 0.05) is 37.6 Å². The fraction of sp³-hybridized carbons (Fsp3) is 0.273. The maximum Gasteiger partial charge on any atom is 0.272 e. The van der Waals surface area contributed by atoms with Crippen molar-refractivity contribution in [2.24, 2.45) is 0 Å². The smallest absolute Gasteiger partial charge is 0.272 e. The monoisotopic (exact) mass is 390 g/mol. The first kappa shape index (κ1) is 18.9. The Morgan fingerprint density at radius 3 is 2.34 bits per heavy atom. The molecule has 0 atom stereocenters. The standard InChI is InChI=1S/C22H22N4O3/c1-28-17-5-7-18(8-6-17)29-21-20(24-12-13-25-21)16-9-14-26(15-10-16)22(27)19-4-2-3-11-23-19/h2-8,11-13,16H,9-10,14-15H2,1H3. The minimum Gasteiger partial charge on any atom is -0.497 e. The number of hydrogen-bond acceptors (Lipinski definition) is 6. The Kier molecular flexibility index (Phi) is 5.65. The molecule has 1 aromatic carbocycles. The number of aromatic nitrogens is 3. The third kappa shape index (κ3) is 4.34. The molecule has 1 saturated heterocycles. The van der Waals surface area contributed by atoms with Crippen LogP contribution in [-0.4, -0.2) is 46.0 Å². The fourth-order valence-corrected chi connectivity index (χ4v) is 3.46. The zero-order valence-electron chi connectivity index (χ0n) is 16.2. The zero-order chi connectivity index (χ0) is 20.1. The lowest BCUT2D eigenvalue weighted by molar-refractivity contribution is 0.0705. The molecule has 0 radical (unpaired) electrons. The second-order valence-electron chi connectivity index (χ2n) is 6.81. The maximum atomic E-state index is 12.6. The van der Waals surface area contributed by atoms with E-state index in [2.05, 4.69) is 15.0 Å². The molecule has 0 bridgehead atoms. The molecule has 148 valence electrons.